The zero-order chi connectivity index (χ0) is 15.6. The summed E-state index contributed by atoms with van der Waals surface area (Å²) in [5.74, 6) is -0.562. The highest BCUT2D eigenvalue weighted by Gasteiger charge is 2.33. The molecule has 3 nitrogen and oxygen atoms in total. The lowest BCUT2D eigenvalue weighted by molar-refractivity contribution is -0.131. The van der Waals surface area contributed by atoms with E-state index in [0.29, 0.717) is 24.4 Å². The van der Waals surface area contributed by atoms with Crippen LogP contribution in [-0.4, -0.2) is 29.4 Å². The minimum atomic E-state index is -0.457. The highest BCUT2D eigenvalue weighted by atomic mass is 19.1. The van der Waals surface area contributed by atoms with Crippen LogP contribution in [0.25, 0.3) is 0 Å². The Kier molecular flexibility index (Phi) is 4.93. The molecular formula is C16H22F2N2O. The van der Waals surface area contributed by atoms with Gasteiger partial charge in [0.25, 0.3) is 0 Å². The maximum atomic E-state index is 13.8. The van der Waals surface area contributed by atoms with E-state index in [1.54, 1.807) is 0 Å². The first-order chi connectivity index (χ1) is 9.86. The number of piperazine rings is 1. The molecule has 0 spiro atoms. The van der Waals surface area contributed by atoms with Gasteiger partial charge < -0.3 is 5.32 Å². The number of carbonyl (C=O) groups excluding carboxylic acids is 1. The Hall–Kier alpha value is -1.49. The van der Waals surface area contributed by atoms with Gasteiger partial charge >= 0.3 is 0 Å². The first kappa shape index (κ1) is 15.9. The highest BCUT2D eigenvalue weighted by molar-refractivity contribution is 5.82. The summed E-state index contributed by atoms with van der Waals surface area (Å²) in [4.78, 5) is 14.1. The average molecular weight is 296 g/mol. The maximum absolute atomic E-state index is 13.8. The van der Waals surface area contributed by atoms with E-state index in [1.165, 1.54) is 6.07 Å². The molecule has 5 heteroatoms. The van der Waals surface area contributed by atoms with Crippen LogP contribution in [0, 0.1) is 17.6 Å². The van der Waals surface area contributed by atoms with Crippen molar-refractivity contribution in [1.29, 1.82) is 0 Å². The molecule has 2 atom stereocenters. The van der Waals surface area contributed by atoms with Crippen molar-refractivity contribution in [3.05, 3.63) is 35.4 Å². The monoisotopic (exact) mass is 296 g/mol. The number of carbonyl (C=O) groups is 1. The molecule has 1 saturated heterocycles. The quantitative estimate of drug-likeness (QED) is 0.926. The van der Waals surface area contributed by atoms with Crippen molar-refractivity contribution in [1.82, 2.24) is 10.2 Å². The van der Waals surface area contributed by atoms with E-state index in [1.807, 2.05) is 25.7 Å². The number of amides is 1. The van der Waals surface area contributed by atoms with Crippen LogP contribution in [0.5, 0.6) is 0 Å². The predicted molar refractivity (Wildman–Crippen MR) is 77.6 cm³/mol. The number of hydrogen-bond donors (Lipinski definition) is 1. The van der Waals surface area contributed by atoms with Crippen LogP contribution < -0.4 is 5.32 Å². The van der Waals surface area contributed by atoms with Crippen LogP contribution >= 0.6 is 0 Å². The Balaban J connectivity index is 2.20. The van der Waals surface area contributed by atoms with Crippen molar-refractivity contribution in [2.45, 2.75) is 45.8 Å². The molecule has 0 aromatic heterocycles. The Labute approximate surface area is 124 Å². The normalized spacial score (nSPS) is 23.4. The second-order valence-corrected chi connectivity index (χ2v) is 6.22. The van der Waals surface area contributed by atoms with Gasteiger partial charge in [0.15, 0.2) is 0 Å². The summed E-state index contributed by atoms with van der Waals surface area (Å²) in [6, 6.07) is 3.17. The Morgan fingerprint density at radius 3 is 2.76 bits per heavy atom. The number of nitrogens with one attached hydrogen (secondary N) is 1. The number of rotatable bonds is 4. The lowest BCUT2D eigenvalue weighted by Gasteiger charge is -2.39. The summed E-state index contributed by atoms with van der Waals surface area (Å²) < 4.78 is 27.1. The van der Waals surface area contributed by atoms with Crippen molar-refractivity contribution < 1.29 is 13.6 Å². The molecule has 2 rings (SSSR count). The molecule has 1 fully saturated rings. The largest absolute Gasteiger partial charge is 0.351 e. The van der Waals surface area contributed by atoms with Crippen LogP contribution in [0.4, 0.5) is 8.78 Å². The average Bonchev–Trinajstić information content (AvgIpc) is 2.37. The minimum absolute atomic E-state index is 0.0116. The Morgan fingerprint density at radius 1 is 1.38 bits per heavy atom. The number of nitrogens with zero attached hydrogens (tertiary/aromatic N) is 1. The minimum Gasteiger partial charge on any atom is -0.351 e. The zero-order valence-electron chi connectivity index (χ0n) is 12.7. The van der Waals surface area contributed by atoms with Crippen molar-refractivity contribution in [2.24, 2.45) is 5.92 Å². The van der Waals surface area contributed by atoms with Crippen LogP contribution in [0.2, 0.25) is 0 Å². The van der Waals surface area contributed by atoms with Crippen LogP contribution in [0.3, 0.4) is 0 Å². The molecule has 1 aromatic rings. The number of halogens is 2. The van der Waals surface area contributed by atoms with Crippen molar-refractivity contribution in [3.8, 4) is 0 Å². The SMILES string of the molecule is CC(C)CC1C(=O)NC(C)CN1Cc1cc(F)ccc1F. The fourth-order valence-corrected chi connectivity index (χ4v) is 2.79. The second-order valence-electron chi connectivity index (χ2n) is 6.22. The number of benzene rings is 1. The third-order valence-electron chi connectivity index (χ3n) is 3.72. The molecular weight excluding hydrogens is 274 g/mol. The lowest BCUT2D eigenvalue weighted by Crippen LogP contribution is -2.59. The molecule has 0 radical (unpaired) electrons. The van der Waals surface area contributed by atoms with E-state index >= 15 is 0 Å². The summed E-state index contributed by atoms with van der Waals surface area (Å²) in [6.07, 6.45) is 0.704. The molecule has 0 aliphatic carbocycles. The van der Waals surface area contributed by atoms with E-state index < -0.39 is 11.6 Å². The lowest BCUT2D eigenvalue weighted by atomic mass is 9.98. The smallest absolute Gasteiger partial charge is 0.237 e. The summed E-state index contributed by atoms with van der Waals surface area (Å²) >= 11 is 0. The first-order valence-electron chi connectivity index (χ1n) is 7.35. The zero-order valence-corrected chi connectivity index (χ0v) is 12.7. The van der Waals surface area contributed by atoms with Gasteiger partial charge in [-0.25, -0.2) is 8.78 Å². The van der Waals surface area contributed by atoms with Gasteiger partial charge in [-0.15, -0.1) is 0 Å². The van der Waals surface area contributed by atoms with Gasteiger partial charge in [-0.3, -0.25) is 9.69 Å². The van der Waals surface area contributed by atoms with Crippen molar-refractivity contribution in [2.75, 3.05) is 6.54 Å². The highest BCUT2D eigenvalue weighted by Crippen LogP contribution is 2.21. The molecule has 0 saturated carbocycles. The topological polar surface area (TPSA) is 32.3 Å². The summed E-state index contributed by atoms with van der Waals surface area (Å²) in [7, 11) is 0. The molecule has 1 aromatic carbocycles. The van der Waals surface area contributed by atoms with Gasteiger partial charge in [0.2, 0.25) is 5.91 Å². The maximum Gasteiger partial charge on any atom is 0.237 e. The molecule has 1 heterocycles. The van der Waals surface area contributed by atoms with Gasteiger partial charge in [-0.2, -0.15) is 0 Å². The Morgan fingerprint density at radius 2 is 2.10 bits per heavy atom. The summed E-state index contributed by atoms with van der Waals surface area (Å²) in [6.45, 7) is 6.90. The molecule has 1 aliphatic heterocycles. The fraction of sp³-hybridized carbons (Fsp3) is 0.562. The van der Waals surface area contributed by atoms with E-state index in [2.05, 4.69) is 5.32 Å². The van der Waals surface area contributed by atoms with Crippen molar-refractivity contribution >= 4 is 5.91 Å². The van der Waals surface area contributed by atoms with E-state index in [0.717, 1.165) is 12.1 Å². The fourth-order valence-electron chi connectivity index (χ4n) is 2.79. The molecule has 0 bridgehead atoms. The standard InChI is InChI=1S/C16H22F2N2O/c1-10(2)6-15-16(21)19-11(3)8-20(15)9-12-7-13(17)4-5-14(12)18/h4-5,7,10-11,15H,6,8-9H2,1-3H3,(H,19,21). The van der Waals surface area contributed by atoms with Crippen LogP contribution in [-0.2, 0) is 11.3 Å². The predicted octanol–water partition coefficient (Wildman–Crippen LogP) is 2.70. The van der Waals surface area contributed by atoms with Crippen LogP contribution in [0.15, 0.2) is 18.2 Å². The molecule has 1 aliphatic rings. The van der Waals surface area contributed by atoms with E-state index in [-0.39, 0.29) is 24.5 Å². The first-order valence-corrected chi connectivity index (χ1v) is 7.35. The molecule has 2 unspecified atom stereocenters. The second kappa shape index (κ2) is 6.52. The summed E-state index contributed by atoms with van der Waals surface area (Å²) in [5.41, 5.74) is 0.297. The number of hydrogen-bond acceptors (Lipinski definition) is 2. The Bertz CT molecular complexity index is 519. The van der Waals surface area contributed by atoms with Crippen LogP contribution in [0.1, 0.15) is 32.8 Å². The van der Waals surface area contributed by atoms with Gasteiger partial charge in [0, 0.05) is 24.7 Å². The molecule has 21 heavy (non-hydrogen) atoms. The molecule has 116 valence electrons. The van der Waals surface area contributed by atoms with Gasteiger partial charge in [-0.05, 0) is 37.5 Å². The van der Waals surface area contributed by atoms with E-state index in [9.17, 15) is 13.6 Å². The van der Waals surface area contributed by atoms with Gasteiger partial charge in [0.05, 0.1) is 6.04 Å². The van der Waals surface area contributed by atoms with E-state index in [4.69, 9.17) is 0 Å². The van der Waals surface area contributed by atoms with Gasteiger partial charge in [0.1, 0.15) is 11.6 Å². The molecule has 1 amide bonds. The third kappa shape index (κ3) is 4.00. The van der Waals surface area contributed by atoms with Gasteiger partial charge in [-0.1, -0.05) is 13.8 Å². The third-order valence-corrected chi connectivity index (χ3v) is 3.72. The molecule has 1 N–H and O–H groups in total. The van der Waals surface area contributed by atoms with Crippen molar-refractivity contribution in [3.63, 3.8) is 0 Å². The summed E-state index contributed by atoms with van der Waals surface area (Å²) in [5, 5.41) is 2.93.